The fourth-order valence-electron chi connectivity index (χ4n) is 3.93. The third kappa shape index (κ3) is 3.64. The Labute approximate surface area is 150 Å². The Morgan fingerprint density at radius 1 is 1.28 bits per heavy atom. The molecule has 0 saturated carbocycles. The molecular formula is C21H29N3O. The number of nitrogens with two attached hydrogens (primary N) is 1. The van der Waals surface area contributed by atoms with Crippen molar-refractivity contribution in [2.24, 2.45) is 5.73 Å². The molecule has 134 valence electrons. The van der Waals surface area contributed by atoms with Crippen LogP contribution in [-0.4, -0.2) is 24.0 Å². The van der Waals surface area contributed by atoms with E-state index in [2.05, 4.69) is 23.3 Å². The quantitative estimate of drug-likeness (QED) is 0.721. The Morgan fingerprint density at radius 3 is 2.84 bits per heavy atom. The Morgan fingerprint density at radius 2 is 2.08 bits per heavy atom. The fraction of sp³-hybridized carbons (Fsp3) is 0.476. The average molecular weight is 339 g/mol. The number of H-pyrrole nitrogens is 1. The van der Waals surface area contributed by atoms with Gasteiger partial charge in [-0.2, -0.15) is 0 Å². The van der Waals surface area contributed by atoms with Gasteiger partial charge in [0.15, 0.2) is 0 Å². The molecule has 1 aliphatic heterocycles. The SMILES string of the molecule is CCCc1c(\C=C2/C(=O)NC/C2=C(C)\C=C/CN)[nH]c2c1CCCC2. The third-order valence-electron chi connectivity index (χ3n) is 5.21. The van der Waals surface area contributed by atoms with E-state index in [9.17, 15) is 4.79 Å². The minimum atomic E-state index is 0.0190. The number of fused-ring (bicyclic) bond motifs is 1. The number of carbonyl (C=O) groups is 1. The summed E-state index contributed by atoms with van der Waals surface area (Å²) in [7, 11) is 0. The second kappa shape index (κ2) is 7.87. The van der Waals surface area contributed by atoms with Crippen LogP contribution in [0.2, 0.25) is 0 Å². The normalized spacial score (nSPS) is 21.1. The zero-order chi connectivity index (χ0) is 17.8. The molecule has 0 bridgehead atoms. The molecule has 25 heavy (non-hydrogen) atoms. The molecule has 0 radical (unpaired) electrons. The second-order valence-corrected chi connectivity index (χ2v) is 6.97. The van der Waals surface area contributed by atoms with E-state index in [1.807, 2.05) is 19.1 Å². The number of aromatic amines is 1. The lowest BCUT2D eigenvalue weighted by Crippen LogP contribution is -2.14. The third-order valence-corrected chi connectivity index (χ3v) is 5.21. The highest BCUT2D eigenvalue weighted by Gasteiger charge is 2.25. The molecule has 1 amide bonds. The number of hydrogen-bond acceptors (Lipinski definition) is 2. The standard InChI is InChI=1S/C21H29N3O/c1-3-7-15-16-9-4-5-10-19(16)24-20(15)12-17-18(13-23-21(17)25)14(2)8-6-11-22/h6,8,12,24H,3-5,7,9-11,13,22H2,1-2H3,(H,23,25)/b8-6-,17-12-,18-14+. The van der Waals surface area contributed by atoms with Crippen molar-refractivity contribution in [3.63, 3.8) is 0 Å². The molecule has 2 heterocycles. The maximum atomic E-state index is 12.4. The summed E-state index contributed by atoms with van der Waals surface area (Å²) in [6.07, 6.45) is 13.0. The van der Waals surface area contributed by atoms with Crippen molar-refractivity contribution in [1.29, 1.82) is 0 Å². The lowest BCUT2D eigenvalue weighted by atomic mass is 9.92. The van der Waals surface area contributed by atoms with Gasteiger partial charge in [-0.15, -0.1) is 0 Å². The summed E-state index contributed by atoms with van der Waals surface area (Å²) < 4.78 is 0. The molecule has 4 nitrogen and oxygen atoms in total. The molecule has 4 N–H and O–H groups in total. The summed E-state index contributed by atoms with van der Waals surface area (Å²) in [6, 6.07) is 0. The lowest BCUT2D eigenvalue weighted by molar-refractivity contribution is -0.116. The van der Waals surface area contributed by atoms with Gasteiger partial charge in [-0.25, -0.2) is 0 Å². The average Bonchev–Trinajstić information content (AvgIpc) is 3.15. The highest BCUT2D eigenvalue weighted by molar-refractivity contribution is 6.05. The Hall–Kier alpha value is -2.07. The van der Waals surface area contributed by atoms with Gasteiger partial charge in [0.1, 0.15) is 0 Å². The summed E-state index contributed by atoms with van der Waals surface area (Å²) >= 11 is 0. The molecule has 1 aromatic heterocycles. The molecule has 2 aliphatic rings. The summed E-state index contributed by atoms with van der Waals surface area (Å²) in [5.41, 5.74) is 14.0. The monoisotopic (exact) mass is 339 g/mol. The van der Waals surface area contributed by atoms with Crippen LogP contribution in [0.1, 0.15) is 55.6 Å². The van der Waals surface area contributed by atoms with Gasteiger partial charge in [0.25, 0.3) is 5.91 Å². The minimum Gasteiger partial charge on any atom is -0.358 e. The van der Waals surface area contributed by atoms with Crippen LogP contribution in [-0.2, 0) is 24.1 Å². The van der Waals surface area contributed by atoms with Gasteiger partial charge in [0.05, 0.1) is 0 Å². The summed E-state index contributed by atoms with van der Waals surface area (Å²) in [5, 5.41) is 2.97. The van der Waals surface area contributed by atoms with Crippen molar-refractivity contribution in [2.45, 2.75) is 52.4 Å². The van der Waals surface area contributed by atoms with Gasteiger partial charge in [0.2, 0.25) is 0 Å². The van der Waals surface area contributed by atoms with Crippen molar-refractivity contribution >= 4 is 12.0 Å². The zero-order valence-electron chi connectivity index (χ0n) is 15.4. The molecule has 1 aromatic rings. The van der Waals surface area contributed by atoms with Crippen LogP contribution in [0, 0.1) is 0 Å². The summed E-state index contributed by atoms with van der Waals surface area (Å²) in [4.78, 5) is 16.0. The van der Waals surface area contributed by atoms with Gasteiger partial charge in [-0.3, -0.25) is 4.79 Å². The summed E-state index contributed by atoms with van der Waals surface area (Å²) in [6.45, 7) is 5.36. The highest BCUT2D eigenvalue weighted by Crippen LogP contribution is 2.31. The number of allylic oxidation sites excluding steroid dienone is 2. The van der Waals surface area contributed by atoms with Crippen LogP contribution >= 0.6 is 0 Å². The lowest BCUT2D eigenvalue weighted by Gasteiger charge is -2.12. The van der Waals surface area contributed by atoms with Gasteiger partial charge >= 0.3 is 0 Å². The number of aromatic nitrogens is 1. The van der Waals surface area contributed by atoms with E-state index in [4.69, 9.17) is 5.73 Å². The maximum Gasteiger partial charge on any atom is 0.251 e. The molecular weight excluding hydrogens is 310 g/mol. The predicted octanol–water partition coefficient (Wildman–Crippen LogP) is 3.19. The van der Waals surface area contributed by atoms with Crippen LogP contribution in [0.25, 0.3) is 6.08 Å². The first-order valence-corrected chi connectivity index (χ1v) is 9.44. The molecule has 0 aromatic carbocycles. The Balaban J connectivity index is 2.05. The van der Waals surface area contributed by atoms with Crippen molar-refractivity contribution < 1.29 is 4.79 Å². The minimum absolute atomic E-state index is 0.0190. The number of hydrogen-bond donors (Lipinski definition) is 3. The topological polar surface area (TPSA) is 70.9 Å². The Kier molecular flexibility index (Phi) is 5.59. The fourth-order valence-corrected chi connectivity index (χ4v) is 3.93. The first kappa shape index (κ1) is 17.7. The van der Waals surface area contributed by atoms with Crippen molar-refractivity contribution in [3.05, 3.63) is 51.4 Å². The van der Waals surface area contributed by atoms with Crippen molar-refractivity contribution in [3.8, 4) is 0 Å². The smallest absolute Gasteiger partial charge is 0.251 e. The number of carbonyl (C=O) groups excluding carboxylic acids is 1. The van der Waals surface area contributed by atoms with E-state index in [0.717, 1.165) is 48.1 Å². The van der Waals surface area contributed by atoms with E-state index < -0.39 is 0 Å². The van der Waals surface area contributed by atoms with Gasteiger partial charge in [-0.1, -0.05) is 25.5 Å². The highest BCUT2D eigenvalue weighted by atomic mass is 16.2. The van der Waals surface area contributed by atoms with E-state index in [1.54, 1.807) is 0 Å². The Bertz CT molecular complexity index is 749. The largest absolute Gasteiger partial charge is 0.358 e. The number of rotatable bonds is 5. The van der Waals surface area contributed by atoms with Crippen LogP contribution in [0.5, 0.6) is 0 Å². The number of amides is 1. The number of nitrogens with one attached hydrogen (secondary N) is 2. The molecule has 0 unspecified atom stereocenters. The zero-order valence-corrected chi connectivity index (χ0v) is 15.4. The van der Waals surface area contributed by atoms with Gasteiger partial charge in [0, 0.05) is 30.1 Å². The maximum absolute atomic E-state index is 12.4. The van der Waals surface area contributed by atoms with E-state index >= 15 is 0 Å². The first-order chi connectivity index (χ1) is 12.2. The first-order valence-electron chi connectivity index (χ1n) is 9.44. The molecule has 1 aliphatic carbocycles. The summed E-state index contributed by atoms with van der Waals surface area (Å²) in [5.74, 6) is 0.0190. The van der Waals surface area contributed by atoms with E-state index in [-0.39, 0.29) is 5.91 Å². The van der Waals surface area contributed by atoms with Crippen LogP contribution < -0.4 is 11.1 Å². The van der Waals surface area contributed by atoms with Gasteiger partial charge < -0.3 is 16.0 Å². The van der Waals surface area contributed by atoms with E-state index in [1.165, 1.54) is 29.7 Å². The van der Waals surface area contributed by atoms with Crippen LogP contribution in [0.4, 0.5) is 0 Å². The van der Waals surface area contributed by atoms with Crippen LogP contribution in [0.15, 0.2) is 28.9 Å². The number of aryl methyl sites for hydroxylation is 1. The van der Waals surface area contributed by atoms with Crippen molar-refractivity contribution in [1.82, 2.24) is 10.3 Å². The molecule has 4 heteroatoms. The van der Waals surface area contributed by atoms with Crippen LogP contribution in [0.3, 0.4) is 0 Å². The predicted molar refractivity (Wildman–Crippen MR) is 103 cm³/mol. The molecule has 1 fully saturated rings. The molecule has 3 rings (SSSR count). The molecule has 0 spiro atoms. The molecule has 1 saturated heterocycles. The molecule has 0 atom stereocenters. The van der Waals surface area contributed by atoms with Gasteiger partial charge in [-0.05, 0) is 67.4 Å². The second-order valence-electron chi connectivity index (χ2n) is 6.97. The van der Waals surface area contributed by atoms with E-state index in [0.29, 0.717) is 13.1 Å². The van der Waals surface area contributed by atoms with Crippen molar-refractivity contribution in [2.75, 3.05) is 13.1 Å².